The summed E-state index contributed by atoms with van der Waals surface area (Å²) >= 11 is 0. The van der Waals surface area contributed by atoms with E-state index in [1.807, 2.05) is 6.92 Å². The molecule has 248 valence electrons. The van der Waals surface area contributed by atoms with E-state index in [1.54, 1.807) is 19.9 Å². The third-order valence-electron chi connectivity index (χ3n) is 7.39. The number of carbonyl (C=O) groups is 1. The second-order valence-electron chi connectivity index (χ2n) is 10.9. The Balaban J connectivity index is 0.00000768. The average molecular weight is 665 g/mol. The summed E-state index contributed by atoms with van der Waals surface area (Å²) in [7, 11) is -2.54. The van der Waals surface area contributed by atoms with Gasteiger partial charge < -0.3 is 25.9 Å². The number of ether oxygens (including phenoxy) is 1. The van der Waals surface area contributed by atoms with E-state index in [0.29, 0.717) is 62.1 Å². The van der Waals surface area contributed by atoms with E-state index >= 15 is 0 Å². The first kappa shape index (κ1) is 39.8. The molecule has 47 heavy (non-hydrogen) atoms. The molecule has 1 fully saturated rings. The van der Waals surface area contributed by atoms with Crippen molar-refractivity contribution in [2.45, 2.75) is 82.8 Å². The van der Waals surface area contributed by atoms with Crippen LogP contribution in [0.5, 0.6) is 5.75 Å². The van der Waals surface area contributed by atoms with E-state index in [2.05, 4.69) is 32.3 Å². The maximum absolute atomic E-state index is 13.4. The monoisotopic (exact) mass is 664 g/mol. The molecule has 2 N–H and O–H groups in total. The fourth-order valence-electron chi connectivity index (χ4n) is 5.19. The molecule has 14 heteroatoms. The van der Waals surface area contributed by atoms with Crippen molar-refractivity contribution in [1.82, 2.24) is 10.0 Å². The molecule has 1 amide bonds. The van der Waals surface area contributed by atoms with Gasteiger partial charge in [-0.2, -0.15) is 24.6 Å². The molecular weight excluding hydrogens is 626 g/mol. The molecule has 2 aromatic carbocycles. The van der Waals surface area contributed by atoms with Crippen molar-refractivity contribution in [2.75, 3.05) is 13.7 Å². The number of halogens is 3. The van der Waals surface area contributed by atoms with E-state index in [-0.39, 0.29) is 47.1 Å². The largest absolute Gasteiger partial charge is 1.00 e. The van der Waals surface area contributed by atoms with E-state index in [0.717, 1.165) is 12.5 Å². The van der Waals surface area contributed by atoms with Gasteiger partial charge in [-0.05, 0) is 80.8 Å². The summed E-state index contributed by atoms with van der Waals surface area (Å²) in [5.41, 5.74) is -0.297. The predicted octanol–water partition coefficient (Wildman–Crippen LogP) is 3.01. The number of hydrogen-bond acceptors (Lipinski definition) is 7. The van der Waals surface area contributed by atoms with Gasteiger partial charge in [0.15, 0.2) is 0 Å². The quantitative estimate of drug-likeness (QED) is 0.112. The first-order valence-corrected chi connectivity index (χ1v) is 16.5. The Kier molecular flexibility index (Phi) is 15.4. The number of alkyl halides is 3. The Morgan fingerprint density at radius 2 is 1.91 bits per heavy atom. The van der Waals surface area contributed by atoms with Crippen LogP contribution in [0.3, 0.4) is 0 Å². The summed E-state index contributed by atoms with van der Waals surface area (Å²) in [6.45, 7) is 5.65. The molecule has 0 spiro atoms. The number of nitrogens with one attached hydrogen (secondary N) is 2. The Labute approximate surface area is 287 Å². The normalized spacial score (nSPS) is 17.3. The van der Waals surface area contributed by atoms with Gasteiger partial charge in [0, 0.05) is 13.1 Å². The zero-order valence-corrected chi connectivity index (χ0v) is 28.1. The van der Waals surface area contributed by atoms with Crippen LogP contribution in [0.15, 0.2) is 57.0 Å². The van der Waals surface area contributed by atoms with Crippen LogP contribution in [0, 0.1) is 23.3 Å². The van der Waals surface area contributed by atoms with Gasteiger partial charge in [-0.25, -0.2) is 13.1 Å². The van der Waals surface area contributed by atoms with Crippen LogP contribution >= 0.6 is 0 Å². The number of allylic oxidation sites excluding steroid dienone is 1. The minimum Gasteiger partial charge on any atom is -0.496 e. The number of hydrogen-bond donors (Lipinski definition) is 2. The zero-order chi connectivity index (χ0) is 33.9. The third-order valence-corrected chi connectivity index (χ3v) is 8.91. The van der Waals surface area contributed by atoms with Crippen LogP contribution in [0.4, 0.5) is 13.2 Å². The first-order chi connectivity index (χ1) is 21.8. The number of sulfonamides is 1. The third kappa shape index (κ3) is 11.6. The fourth-order valence-corrected chi connectivity index (χ4v) is 6.49. The van der Waals surface area contributed by atoms with Crippen molar-refractivity contribution in [1.29, 1.82) is 5.26 Å². The van der Waals surface area contributed by atoms with E-state index in [4.69, 9.17) is 10.00 Å². The van der Waals surface area contributed by atoms with Crippen LogP contribution in [0.1, 0.15) is 81.5 Å². The van der Waals surface area contributed by atoms with Crippen molar-refractivity contribution in [2.24, 2.45) is 15.9 Å². The summed E-state index contributed by atoms with van der Waals surface area (Å²) in [5.74, 6) is -0.0969. The van der Waals surface area contributed by atoms with Gasteiger partial charge in [0.05, 0.1) is 40.2 Å². The minimum absolute atomic E-state index is 0. The molecule has 0 saturated heterocycles. The van der Waals surface area contributed by atoms with Crippen LogP contribution in [-0.4, -0.2) is 46.1 Å². The van der Waals surface area contributed by atoms with Gasteiger partial charge in [-0.15, -0.1) is 6.92 Å². The van der Waals surface area contributed by atoms with Crippen molar-refractivity contribution in [3.8, 4) is 11.8 Å². The molecule has 1 saturated carbocycles. The fraction of sp³-hybridized carbons (Fsp3) is 0.455. The molecule has 2 unspecified atom stereocenters. The van der Waals surface area contributed by atoms with Crippen molar-refractivity contribution >= 4 is 28.0 Å². The predicted molar refractivity (Wildman–Crippen MR) is 169 cm³/mol. The Bertz CT molecular complexity index is 1640. The second-order valence-corrected chi connectivity index (χ2v) is 12.6. The van der Waals surface area contributed by atoms with Crippen molar-refractivity contribution < 1.29 is 50.0 Å². The SMILES string of the molecule is CCC[C-]=NC(C)=[C-]C(=O)NC(=NC)c1cc(S(=O)(=O)NC2CCC(CCc3ccc(C#N)c(C(F)(F)F)c3)C2)ccc1OCC.[Li+]. The molecule has 2 atom stereocenters. The number of amidine groups is 1. The number of aryl methyl sites for hydroxylation is 1. The number of carbonyl (C=O) groups excluding carboxylic acids is 1. The standard InChI is InChI=1S/C33H38F3N5O4S.Li/c1-5-7-16-39-22(3)17-31(42)40-32(38-4)28-20-27(14-15-30(28)45-6-2)46(43,44)41-26-13-11-23(18-26)8-9-24-10-12-25(21-37)29(19-24)33(34,35)36;/h10,12,14-15,19-20,23,26,41H,5-9,11,13,18H2,1-4H3,(H,38,40,42);/q-2;+1. The number of nitriles is 1. The molecule has 0 aliphatic heterocycles. The molecule has 0 aromatic heterocycles. The number of unbranched alkanes of at least 4 members (excludes halogenated alkanes) is 1. The Morgan fingerprint density at radius 1 is 1.17 bits per heavy atom. The van der Waals surface area contributed by atoms with Crippen molar-refractivity contribution in [3.05, 3.63) is 70.4 Å². The maximum Gasteiger partial charge on any atom is 1.00 e. The number of aliphatic imine (C=N–C) groups is 2. The van der Waals surface area contributed by atoms with Gasteiger partial charge >= 0.3 is 25.0 Å². The Hall–Kier alpha value is -3.42. The number of amides is 1. The summed E-state index contributed by atoms with van der Waals surface area (Å²) in [6, 6.07) is 9.26. The maximum atomic E-state index is 13.4. The van der Waals surface area contributed by atoms with Crippen molar-refractivity contribution in [3.63, 3.8) is 0 Å². The van der Waals surface area contributed by atoms with Gasteiger partial charge in [0.25, 0.3) is 0 Å². The molecule has 0 radical (unpaired) electrons. The molecule has 2 aromatic rings. The molecular formula is C33H38F3LiN5O4S-. The molecule has 0 heterocycles. The zero-order valence-electron chi connectivity index (χ0n) is 27.3. The van der Waals surface area contributed by atoms with E-state index in [1.165, 1.54) is 37.4 Å². The van der Waals surface area contributed by atoms with Crippen LogP contribution < -0.4 is 33.6 Å². The number of rotatable bonds is 13. The van der Waals surface area contributed by atoms with Crippen LogP contribution in [0.2, 0.25) is 0 Å². The minimum atomic E-state index is -4.62. The van der Waals surface area contributed by atoms with E-state index < -0.39 is 33.2 Å². The van der Waals surface area contributed by atoms with Gasteiger partial charge in [0.2, 0.25) is 10.0 Å². The number of nitrogens with zero attached hydrogens (tertiary/aromatic N) is 3. The van der Waals surface area contributed by atoms with Gasteiger partial charge in [-0.1, -0.05) is 25.8 Å². The van der Waals surface area contributed by atoms with Gasteiger partial charge in [0.1, 0.15) is 11.6 Å². The summed E-state index contributed by atoms with van der Waals surface area (Å²) in [5, 5.41) is 11.6. The second kappa shape index (κ2) is 18.2. The van der Waals surface area contributed by atoms with Gasteiger partial charge in [-0.3, -0.25) is 10.7 Å². The average Bonchev–Trinajstić information content (AvgIpc) is 3.45. The summed E-state index contributed by atoms with van der Waals surface area (Å²) in [6.07, 6.45) is 5.06. The number of benzene rings is 2. The summed E-state index contributed by atoms with van der Waals surface area (Å²) in [4.78, 5) is 20.8. The van der Waals surface area contributed by atoms with Crippen LogP contribution in [0.25, 0.3) is 0 Å². The smallest absolute Gasteiger partial charge is 0.496 e. The Morgan fingerprint density at radius 3 is 2.55 bits per heavy atom. The molecule has 3 rings (SSSR count). The van der Waals surface area contributed by atoms with Crippen LogP contribution in [-0.2, 0) is 27.4 Å². The molecule has 0 bridgehead atoms. The topological polar surface area (TPSA) is 133 Å². The first-order valence-electron chi connectivity index (χ1n) is 15.0. The molecule has 1 aliphatic carbocycles. The molecule has 1 aliphatic rings. The summed E-state index contributed by atoms with van der Waals surface area (Å²) < 4.78 is 75.4. The van der Waals surface area contributed by atoms with E-state index in [9.17, 15) is 26.4 Å². The molecule has 9 nitrogen and oxygen atoms in total.